The van der Waals surface area contributed by atoms with Crippen LogP contribution in [-0.4, -0.2) is 43.8 Å². The molecule has 9 heteroatoms. The van der Waals surface area contributed by atoms with Crippen LogP contribution in [0.1, 0.15) is 91.9 Å². The van der Waals surface area contributed by atoms with E-state index in [-0.39, 0.29) is 12.8 Å². The molecule has 0 spiro atoms. The minimum absolute atomic E-state index is 0.109. The van der Waals surface area contributed by atoms with Gasteiger partial charge in [-0.2, -0.15) is 0 Å². The first-order valence-electron chi connectivity index (χ1n) is 11.3. The molecular weight excluding hydrogens is 416 g/mol. The summed E-state index contributed by atoms with van der Waals surface area (Å²) in [4.78, 5) is 42.7. The number of aromatic nitrogens is 1. The molecule has 0 radical (unpaired) electrons. The Hall–Kier alpha value is -2.55. The van der Waals surface area contributed by atoms with Crippen LogP contribution in [0.2, 0.25) is 0 Å². The fourth-order valence-corrected chi connectivity index (χ4v) is 3.13. The monoisotopic (exact) mass is 454 g/mol. The number of nitrogens with zero attached hydrogens (tertiary/aromatic N) is 1. The van der Waals surface area contributed by atoms with Gasteiger partial charge < -0.3 is 25.5 Å². The van der Waals surface area contributed by atoms with Crippen LogP contribution in [-0.2, 0) is 19.1 Å². The molecule has 1 rings (SSSR count). The Morgan fingerprint density at radius 2 is 1.47 bits per heavy atom. The van der Waals surface area contributed by atoms with E-state index in [2.05, 4.69) is 6.92 Å². The summed E-state index contributed by atoms with van der Waals surface area (Å²) in [6.07, 6.45) is 6.48. The van der Waals surface area contributed by atoms with Crippen molar-refractivity contribution in [2.24, 2.45) is 5.73 Å². The lowest BCUT2D eigenvalue weighted by Crippen LogP contribution is -2.57. The Morgan fingerprint density at radius 3 is 2.00 bits per heavy atom. The standard InChI is InChI=1S/C23H38N2O7/c1-5-6-7-8-9-10-11-12-17(26)23(24,21(30)31-22(2,3)4)16-15-20(29)32-25-18(27)13-14-19(25)28/h13-14,27-28H,5-12,15-16,24H2,1-4H3/t23-/m1/s1. The lowest BCUT2D eigenvalue weighted by atomic mass is 9.86. The molecule has 0 bridgehead atoms. The molecule has 1 atom stereocenters. The lowest BCUT2D eigenvalue weighted by Gasteiger charge is -2.30. The highest BCUT2D eigenvalue weighted by atomic mass is 16.7. The zero-order valence-corrected chi connectivity index (χ0v) is 19.7. The highest BCUT2D eigenvalue weighted by Crippen LogP contribution is 2.23. The molecule has 1 aromatic heterocycles. The van der Waals surface area contributed by atoms with E-state index in [1.54, 1.807) is 20.8 Å². The summed E-state index contributed by atoms with van der Waals surface area (Å²) in [5, 5.41) is 19.1. The van der Waals surface area contributed by atoms with Crippen molar-refractivity contribution in [1.29, 1.82) is 0 Å². The number of nitrogens with two attached hydrogens (primary N) is 1. The number of carbonyl (C=O) groups is 3. The maximum absolute atomic E-state index is 12.9. The smallest absolute Gasteiger partial charge is 0.334 e. The normalized spacial score (nSPS) is 13.4. The largest absolute Gasteiger partial charge is 0.492 e. The summed E-state index contributed by atoms with van der Waals surface area (Å²) in [6.45, 7) is 7.14. The van der Waals surface area contributed by atoms with Gasteiger partial charge in [-0.1, -0.05) is 45.4 Å². The Kier molecular flexibility index (Phi) is 10.7. The summed E-state index contributed by atoms with van der Waals surface area (Å²) in [7, 11) is 0. The van der Waals surface area contributed by atoms with Crippen LogP contribution >= 0.6 is 0 Å². The summed E-state index contributed by atoms with van der Waals surface area (Å²) < 4.78 is 5.89. The molecule has 0 aliphatic heterocycles. The number of Topliss-reactive ketones (excluding diaryl/α,β-unsaturated/α-hetero) is 1. The first kappa shape index (κ1) is 27.5. The Balaban J connectivity index is 2.74. The van der Waals surface area contributed by atoms with Crippen LogP contribution < -0.4 is 10.6 Å². The minimum atomic E-state index is -1.99. The van der Waals surface area contributed by atoms with E-state index in [1.807, 2.05) is 0 Å². The first-order chi connectivity index (χ1) is 14.9. The van der Waals surface area contributed by atoms with Gasteiger partial charge in [0.05, 0.1) is 6.42 Å². The van der Waals surface area contributed by atoms with Crippen LogP contribution in [0.25, 0.3) is 0 Å². The van der Waals surface area contributed by atoms with Gasteiger partial charge in [-0.15, -0.1) is 4.73 Å². The average molecular weight is 455 g/mol. The number of hydrogen-bond acceptors (Lipinski definition) is 8. The maximum Gasteiger partial charge on any atom is 0.334 e. The van der Waals surface area contributed by atoms with Crippen molar-refractivity contribution in [3.8, 4) is 11.8 Å². The van der Waals surface area contributed by atoms with Crippen molar-refractivity contribution in [2.75, 3.05) is 0 Å². The van der Waals surface area contributed by atoms with E-state index < -0.39 is 47.0 Å². The zero-order valence-electron chi connectivity index (χ0n) is 19.7. The molecule has 0 aliphatic rings. The van der Waals surface area contributed by atoms with Gasteiger partial charge in [-0.05, 0) is 33.6 Å². The van der Waals surface area contributed by atoms with Crippen LogP contribution in [0, 0.1) is 0 Å². The molecule has 182 valence electrons. The molecule has 0 aromatic carbocycles. The molecule has 0 fully saturated rings. The van der Waals surface area contributed by atoms with E-state index >= 15 is 0 Å². The quantitative estimate of drug-likeness (QED) is 0.221. The number of unbranched alkanes of at least 4 members (excludes halogenated alkanes) is 6. The van der Waals surface area contributed by atoms with Crippen LogP contribution in [0.3, 0.4) is 0 Å². The van der Waals surface area contributed by atoms with E-state index in [0.29, 0.717) is 11.2 Å². The topological polar surface area (TPSA) is 141 Å². The van der Waals surface area contributed by atoms with Gasteiger partial charge in [0.15, 0.2) is 11.3 Å². The zero-order chi connectivity index (χ0) is 24.4. The van der Waals surface area contributed by atoms with Crippen molar-refractivity contribution >= 4 is 17.7 Å². The second-order valence-electron chi connectivity index (χ2n) is 9.08. The first-order valence-corrected chi connectivity index (χ1v) is 11.3. The number of carbonyl (C=O) groups excluding carboxylic acids is 3. The molecule has 0 unspecified atom stereocenters. The third kappa shape index (κ3) is 8.90. The van der Waals surface area contributed by atoms with Gasteiger partial charge in [0.2, 0.25) is 11.8 Å². The number of esters is 1. The molecule has 32 heavy (non-hydrogen) atoms. The maximum atomic E-state index is 12.9. The van der Waals surface area contributed by atoms with E-state index in [1.165, 1.54) is 6.42 Å². The highest BCUT2D eigenvalue weighted by Gasteiger charge is 2.44. The molecule has 9 nitrogen and oxygen atoms in total. The minimum Gasteiger partial charge on any atom is -0.492 e. The van der Waals surface area contributed by atoms with Gasteiger partial charge in [0, 0.05) is 18.6 Å². The average Bonchev–Trinajstić information content (AvgIpc) is 3.01. The molecule has 1 heterocycles. The molecule has 1 aromatic rings. The highest BCUT2D eigenvalue weighted by molar-refractivity contribution is 6.08. The number of aromatic hydroxyl groups is 2. The SMILES string of the molecule is CCCCCCCCCC(=O)[C@](N)(CCC(=O)On1c(O)ccc1O)C(=O)OC(C)(C)C. The van der Waals surface area contributed by atoms with Crippen LogP contribution in [0.15, 0.2) is 12.1 Å². The fourth-order valence-electron chi connectivity index (χ4n) is 3.13. The molecule has 0 amide bonds. The molecule has 0 saturated carbocycles. The number of rotatable bonds is 14. The number of ketones is 1. The number of hydrogen-bond donors (Lipinski definition) is 3. The summed E-state index contributed by atoms with van der Waals surface area (Å²) in [5.41, 5.74) is 3.37. The van der Waals surface area contributed by atoms with E-state index in [0.717, 1.165) is 44.2 Å². The summed E-state index contributed by atoms with van der Waals surface area (Å²) >= 11 is 0. The third-order valence-corrected chi connectivity index (χ3v) is 4.98. The second-order valence-corrected chi connectivity index (χ2v) is 9.08. The molecule has 0 saturated heterocycles. The fraction of sp³-hybridized carbons (Fsp3) is 0.696. The van der Waals surface area contributed by atoms with Crippen molar-refractivity contribution in [3.63, 3.8) is 0 Å². The summed E-state index contributed by atoms with van der Waals surface area (Å²) in [6, 6.07) is 2.28. The van der Waals surface area contributed by atoms with Gasteiger partial charge in [-0.3, -0.25) is 4.79 Å². The Bertz CT molecular complexity index is 747. The van der Waals surface area contributed by atoms with E-state index in [4.69, 9.17) is 15.3 Å². The predicted molar refractivity (Wildman–Crippen MR) is 119 cm³/mol. The second kappa shape index (κ2) is 12.5. The molecule has 4 N–H and O–H groups in total. The van der Waals surface area contributed by atoms with Gasteiger partial charge in [0.25, 0.3) is 0 Å². The third-order valence-electron chi connectivity index (χ3n) is 4.98. The summed E-state index contributed by atoms with van der Waals surface area (Å²) in [5.74, 6) is -3.21. The van der Waals surface area contributed by atoms with Crippen LogP contribution in [0.5, 0.6) is 11.8 Å². The molecule has 0 aliphatic carbocycles. The van der Waals surface area contributed by atoms with Gasteiger partial charge in [0.1, 0.15) is 5.60 Å². The van der Waals surface area contributed by atoms with Gasteiger partial charge >= 0.3 is 11.9 Å². The number of ether oxygens (including phenoxy) is 1. The van der Waals surface area contributed by atoms with E-state index in [9.17, 15) is 24.6 Å². The Morgan fingerprint density at radius 1 is 0.938 bits per heavy atom. The predicted octanol–water partition coefficient (Wildman–Crippen LogP) is 3.38. The van der Waals surface area contributed by atoms with Crippen molar-refractivity contribution in [2.45, 2.75) is 103 Å². The molecular formula is C23H38N2O7. The Labute approximate surface area is 189 Å². The van der Waals surface area contributed by atoms with Crippen molar-refractivity contribution in [1.82, 2.24) is 4.73 Å². The van der Waals surface area contributed by atoms with Crippen LogP contribution in [0.4, 0.5) is 0 Å². The lowest BCUT2D eigenvalue weighted by molar-refractivity contribution is -0.164. The van der Waals surface area contributed by atoms with Gasteiger partial charge in [-0.25, -0.2) is 9.59 Å². The van der Waals surface area contributed by atoms with Crippen molar-refractivity contribution < 1.29 is 34.2 Å². The van der Waals surface area contributed by atoms with Crippen molar-refractivity contribution in [3.05, 3.63) is 12.1 Å².